The molecule has 6 atom stereocenters. The van der Waals surface area contributed by atoms with Crippen molar-refractivity contribution >= 4 is 75.7 Å². The smallest absolute Gasteiger partial charge is 0.243 e. The van der Waals surface area contributed by atoms with Gasteiger partial charge in [-0.05, 0) is 75.6 Å². The SMILES string of the molecule is NC(N)=NCCCC(NC(=O)C1CCCN1c1ccccc1)C(=O)C(Cl)C(=O)C(Cl)C(=O)C(CCCN=C(N)N)NC(=O)C1CCCN1c1ccccc1. The number of anilines is 2. The molecule has 2 aliphatic rings. The number of nitrogens with two attached hydrogens (primary N) is 4. The average molecular weight is 786 g/mol. The zero-order valence-corrected chi connectivity index (χ0v) is 31.6. The van der Waals surface area contributed by atoms with Crippen molar-refractivity contribution in [3.05, 3.63) is 60.7 Å². The Morgan fingerprint density at radius 3 is 1.35 bits per heavy atom. The third-order valence-electron chi connectivity index (χ3n) is 9.50. The molecule has 54 heavy (non-hydrogen) atoms. The first-order valence-corrected chi connectivity index (χ1v) is 19.0. The number of halogens is 2. The lowest BCUT2D eigenvalue weighted by Gasteiger charge is -2.29. The molecule has 292 valence electrons. The summed E-state index contributed by atoms with van der Waals surface area (Å²) >= 11 is 13.0. The first-order valence-electron chi connectivity index (χ1n) is 18.1. The molecule has 2 amide bonds. The molecule has 2 saturated heterocycles. The van der Waals surface area contributed by atoms with Gasteiger partial charge in [0.2, 0.25) is 11.8 Å². The highest BCUT2D eigenvalue weighted by Crippen LogP contribution is 2.27. The van der Waals surface area contributed by atoms with E-state index in [0.717, 1.165) is 24.2 Å². The summed E-state index contributed by atoms with van der Waals surface area (Å²) in [6.45, 7) is 1.60. The van der Waals surface area contributed by atoms with Gasteiger partial charge in [-0.2, -0.15) is 0 Å². The molecule has 0 spiro atoms. The number of alkyl halides is 2. The molecule has 0 saturated carbocycles. The van der Waals surface area contributed by atoms with E-state index in [1.807, 2.05) is 70.5 Å². The number of nitrogens with zero attached hydrogens (tertiary/aromatic N) is 4. The van der Waals surface area contributed by atoms with Crippen molar-refractivity contribution in [3.63, 3.8) is 0 Å². The maximum atomic E-state index is 13.9. The van der Waals surface area contributed by atoms with Crippen LogP contribution in [-0.2, 0) is 24.0 Å². The van der Waals surface area contributed by atoms with E-state index in [-0.39, 0.29) is 50.7 Å². The highest BCUT2D eigenvalue weighted by Gasteiger charge is 2.42. The normalized spacial score (nSPS) is 18.9. The van der Waals surface area contributed by atoms with Crippen LogP contribution in [0.25, 0.3) is 0 Å². The third kappa shape index (κ3) is 11.6. The van der Waals surface area contributed by atoms with Crippen molar-refractivity contribution in [2.75, 3.05) is 36.0 Å². The minimum absolute atomic E-state index is 0.0551. The molecule has 17 heteroatoms. The standard InChI is InChI=1S/C37H50Cl2N10O5/c38-29(31(50)25(15-7-19-44-36(40)41)46-34(53)27-17-9-21-48(27)23-11-3-1-4-12-23)33(52)30(39)32(51)26(16-8-20-45-37(42)43)47-35(54)28-18-10-22-49(28)24-13-5-2-6-14-24/h1-6,11-14,25-30H,7-10,15-22H2,(H,46,53)(H,47,54)(H4,40,41,44)(H4,42,43,45). The van der Waals surface area contributed by atoms with Crippen LogP contribution in [-0.4, -0.2) is 102 Å². The Balaban J connectivity index is 1.48. The van der Waals surface area contributed by atoms with Crippen molar-refractivity contribution in [1.29, 1.82) is 0 Å². The number of amides is 2. The van der Waals surface area contributed by atoms with Crippen LogP contribution in [0, 0.1) is 0 Å². The second-order valence-corrected chi connectivity index (χ2v) is 14.2. The Morgan fingerprint density at radius 2 is 1.00 bits per heavy atom. The van der Waals surface area contributed by atoms with Gasteiger partial charge in [0, 0.05) is 37.6 Å². The monoisotopic (exact) mass is 784 g/mol. The van der Waals surface area contributed by atoms with Crippen LogP contribution < -0.4 is 43.4 Å². The predicted molar refractivity (Wildman–Crippen MR) is 212 cm³/mol. The van der Waals surface area contributed by atoms with Crippen molar-refractivity contribution in [2.24, 2.45) is 32.9 Å². The summed E-state index contributed by atoms with van der Waals surface area (Å²) in [7, 11) is 0. The van der Waals surface area contributed by atoms with Gasteiger partial charge in [0.05, 0.1) is 12.1 Å². The number of hydrogen-bond donors (Lipinski definition) is 6. The van der Waals surface area contributed by atoms with Crippen LogP contribution in [0.15, 0.2) is 70.6 Å². The molecule has 2 aromatic carbocycles. The lowest BCUT2D eigenvalue weighted by Crippen LogP contribution is -2.54. The molecule has 2 fully saturated rings. The number of aliphatic imine (C=N–C) groups is 2. The summed E-state index contributed by atoms with van der Waals surface area (Å²) in [4.78, 5) is 80.5. The molecule has 2 aliphatic heterocycles. The third-order valence-corrected chi connectivity index (χ3v) is 10.4. The number of para-hydroxylation sites is 2. The Bertz CT molecular complexity index is 1540. The van der Waals surface area contributed by atoms with Gasteiger partial charge in [-0.1, -0.05) is 36.4 Å². The van der Waals surface area contributed by atoms with E-state index < -0.39 is 64.1 Å². The first-order chi connectivity index (χ1) is 25.9. The fourth-order valence-corrected chi connectivity index (χ4v) is 7.43. The number of carbonyl (C=O) groups is 5. The van der Waals surface area contributed by atoms with E-state index in [4.69, 9.17) is 46.1 Å². The van der Waals surface area contributed by atoms with Gasteiger partial charge >= 0.3 is 0 Å². The lowest BCUT2D eigenvalue weighted by atomic mass is 9.95. The van der Waals surface area contributed by atoms with Gasteiger partial charge in [0.25, 0.3) is 0 Å². The second-order valence-electron chi connectivity index (χ2n) is 13.3. The maximum Gasteiger partial charge on any atom is 0.243 e. The molecular weight excluding hydrogens is 735 g/mol. The summed E-state index contributed by atoms with van der Waals surface area (Å²) in [5, 5.41) is 1.81. The van der Waals surface area contributed by atoms with Gasteiger partial charge in [0.1, 0.15) is 12.1 Å². The second kappa shape index (κ2) is 20.5. The van der Waals surface area contributed by atoms with Gasteiger partial charge in [0.15, 0.2) is 40.0 Å². The van der Waals surface area contributed by atoms with Crippen LogP contribution in [0.4, 0.5) is 11.4 Å². The number of Topliss-reactive ketones (excluding diaryl/α,β-unsaturated/α-hetero) is 3. The Hall–Kier alpha value is -4.89. The van der Waals surface area contributed by atoms with Crippen LogP contribution in [0.2, 0.25) is 0 Å². The number of carbonyl (C=O) groups excluding carboxylic acids is 5. The van der Waals surface area contributed by atoms with E-state index in [0.29, 0.717) is 25.9 Å². The molecule has 0 radical (unpaired) electrons. The zero-order chi connectivity index (χ0) is 39.2. The van der Waals surface area contributed by atoms with E-state index in [2.05, 4.69) is 20.6 Å². The van der Waals surface area contributed by atoms with Crippen LogP contribution >= 0.6 is 23.2 Å². The van der Waals surface area contributed by atoms with Crippen LogP contribution in [0.3, 0.4) is 0 Å². The van der Waals surface area contributed by atoms with Crippen molar-refractivity contribution in [2.45, 2.75) is 86.3 Å². The molecule has 2 aromatic rings. The van der Waals surface area contributed by atoms with Crippen molar-refractivity contribution in [3.8, 4) is 0 Å². The maximum absolute atomic E-state index is 13.9. The van der Waals surface area contributed by atoms with Crippen molar-refractivity contribution < 1.29 is 24.0 Å². The molecule has 0 bridgehead atoms. The molecule has 0 aliphatic carbocycles. The summed E-state index contributed by atoms with van der Waals surface area (Å²) in [6.07, 6.45) is 3.28. The Labute approximate surface area is 325 Å². The predicted octanol–water partition coefficient (Wildman–Crippen LogP) is 1.32. The number of rotatable bonds is 20. The minimum Gasteiger partial charge on any atom is -0.370 e. The highest BCUT2D eigenvalue weighted by molar-refractivity contribution is 6.52. The van der Waals surface area contributed by atoms with E-state index in [1.54, 1.807) is 0 Å². The van der Waals surface area contributed by atoms with Gasteiger partial charge < -0.3 is 43.4 Å². The van der Waals surface area contributed by atoms with E-state index in [9.17, 15) is 24.0 Å². The highest BCUT2D eigenvalue weighted by atomic mass is 35.5. The molecule has 10 N–H and O–H groups in total. The summed E-state index contributed by atoms with van der Waals surface area (Å²) in [5.41, 5.74) is 23.5. The number of benzene rings is 2. The summed E-state index contributed by atoms with van der Waals surface area (Å²) in [5.74, 6) is -3.83. The molecule has 15 nitrogen and oxygen atoms in total. The number of hydrogen-bond acceptors (Lipinski definition) is 9. The van der Waals surface area contributed by atoms with E-state index >= 15 is 0 Å². The molecule has 0 aromatic heterocycles. The van der Waals surface area contributed by atoms with E-state index in [1.165, 1.54) is 0 Å². The van der Waals surface area contributed by atoms with Crippen LogP contribution in [0.5, 0.6) is 0 Å². The van der Waals surface area contributed by atoms with Gasteiger partial charge in [-0.3, -0.25) is 34.0 Å². The summed E-state index contributed by atoms with van der Waals surface area (Å²) in [6, 6.07) is 15.3. The number of ketones is 3. The largest absolute Gasteiger partial charge is 0.370 e. The molecule has 2 heterocycles. The molecule has 6 unspecified atom stereocenters. The molecular formula is C37H50Cl2N10O5. The fourth-order valence-electron chi connectivity index (χ4n) is 6.81. The first kappa shape index (κ1) is 41.9. The quantitative estimate of drug-likeness (QED) is 0.0368. The Morgan fingerprint density at radius 1 is 0.630 bits per heavy atom. The minimum atomic E-state index is -1.89. The van der Waals surface area contributed by atoms with Gasteiger partial charge in [-0.25, -0.2) is 0 Å². The van der Waals surface area contributed by atoms with Crippen LogP contribution in [0.1, 0.15) is 51.4 Å². The lowest BCUT2D eigenvalue weighted by molar-refractivity contribution is -0.134. The Kier molecular flexibility index (Phi) is 15.9. The number of guanidine groups is 2. The molecule has 4 rings (SSSR count). The fraction of sp³-hybridized carbons (Fsp3) is 0.486. The topological polar surface area (TPSA) is 245 Å². The average Bonchev–Trinajstić information content (AvgIpc) is 3.87. The van der Waals surface area contributed by atoms with Gasteiger partial charge in [-0.15, -0.1) is 23.2 Å². The zero-order valence-electron chi connectivity index (χ0n) is 30.1. The number of nitrogens with one attached hydrogen (secondary N) is 2. The summed E-state index contributed by atoms with van der Waals surface area (Å²) < 4.78 is 0. The van der Waals surface area contributed by atoms with Crippen molar-refractivity contribution in [1.82, 2.24) is 10.6 Å².